The van der Waals surface area contributed by atoms with Gasteiger partial charge >= 0.3 is 0 Å². The largest absolute Gasteiger partial charge is 0.508 e. The molecule has 1 aromatic rings. The summed E-state index contributed by atoms with van der Waals surface area (Å²) in [6.45, 7) is 6.53. The van der Waals surface area contributed by atoms with Crippen LogP contribution in [0.5, 0.6) is 5.75 Å². The summed E-state index contributed by atoms with van der Waals surface area (Å²) in [5.41, 5.74) is 3.27. The third kappa shape index (κ3) is 2.44. The van der Waals surface area contributed by atoms with Gasteiger partial charge in [-0.05, 0) is 62.9 Å². The molecular formula is C16H24N2O. The molecule has 2 saturated heterocycles. The Balaban J connectivity index is 1.76. The fourth-order valence-corrected chi connectivity index (χ4v) is 3.57. The Bertz CT molecular complexity index is 472. The highest BCUT2D eigenvalue weighted by molar-refractivity contribution is 5.57. The average Bonchev–Trinajstić information content (AvgIpc) is 2.80. The fourth-order valence-electron chi connectivity index (χ4n) is 3.57. The Labute approximate surface area is 115 Å². The zero-order valence-corrected chi connectivity index (χ0v) is 11.9. The number of phenols is 1. The van der Waals surface area contributed by atoms with E-state index in [0.29, 0.717) is 17.8 Å². The normalized spacial score (nSPS) is 27.3. The van der Waals surface area contributed by atoms with Crippen molar-refractivity contribution in [3.8, 4) is 5.75 Å². The highest BCUT2D eigenvalue weighted by Crippen LogP contribution is 2.31. The van der Waals surface area contributed by atoms with Gasteiger partial charge in [-0.2, -0.15) is 0 Å². The first-order valence-electron chi connectivity index (χ1n) is 7.46. The molecule has 3 rings (SSSR count). The van der Waals surface area contributed by atoms with Crippen molar-refractivity contribution in [2.45, 2.75) is 51.6 Å². The van der Waals surface area contributed by atoms with Gasteiger partial charge in [0.2, 0.25) is 0 Å². The minimum Gasteiger partial charge on any atom is -0.508 e. The second-order valence-corrected chi connectivity index (χ2v) is 6.09. The number of piperidine rings is 1. The zero-order valence-electron chi connectivity index (χ0n) is 11.9. The number of aryl methyl sites for hydroxylation is 2. The highest BCUT2D eigenvalue weighted by Gasteiger charge is 2.35. The van der Waals surface area contributed by atoms with Crippen LogP contribution in [0, 0.1) is 13.8 Å². The second-order valence-electron chi connectivity index (χ2n) is 6.09. The van der Waals surface area contributed by atoms with Crippen LogP contribution in [0.1, 0.15) is 36.8 Å². The minimum absolute atomic E-state index is 0.397. The van der Waals surface area contributed by atoms with E-state index >= 15 is 0 Å². The number of nitrogens with one attached hydrogen (secondary N) is 1. The molecule has 3 heteroatoms. The van der Waals surface area contributed by atoms with Crippen LogP contribution in [0.4, 0.5) is 5.69 Å². The predicted molar refractivity (Wildman–Crippen MR) is 78.8 cm³/mol. The van der Waals surface area contributed by atoms with Crippen molar-refractivity contribution in [1.29, 1.82) is 0 Å². The molecule has 2 N–H and O–H groups in total. The molecule has 0 aliphatic carbocycles. The molecule has 2 unspecified atom stereocenters. The molecule has 0 aromatic heterocycles. The van der Waals surface area contributed by atoms with E-state index < -0.39 is 0 Å². The van der Waals surface area contributed by atoms with Gasteiger partial charge in [0.15, 0.2) is 0 Å². The lowest BCUT2D eigenvalue weighted by Crippen LogP contribution is -2.41. The van der Waals surface area contributed by atoms with Crippen molar-refractivity contribution >= 4 is 5.69 Å². The van der Waals surface area contributed by atoms with Gasteiger partial charge in [0.1, 0.15) is 5.75 Å². The molecule has 1 aromatic carbocycles. The van der Waals surface area contributed by atoms with Gasteiger partial charge in [-0.15, -0.1) is 0 Å². The Kier molecular flexibility index (Phi) is 3.40. The second kappa shape index (κ2) is 5.04. The quantitative estimate of drug-likeness (QED) is 0.802. The Morgan fingerprint density at radius 3 is 2.79 bits per heavy atom. The Hall–Kier alpha value is -1.22. The first kappa shape index (κ1) is 12.8. The summed E-state index contributed by atoms with van der Waals surface area (Å²) in [5, 5.41) is 13.5. The predicted octanol–water partition coefficient (Wildman–Crippen LogP) is 3.05. The van der Waals surface area contributed by atoms with Crippen LogP contribution in [-0.2, 0) is 0 Å². The van der Waals surface area contributed by atoms with Gasteiger partial charge in [-0.25, -0.2) is 0 Å². The van der Waals surface area contributed by atoms with E-state index in [2.05, 4.69) is 23.2 Å². The molecule has 0 saturated carbocycles. The molecule has 2 aliphatic heterocycles. The van der Waals surface area contributed by atoms with Crippen LogP contribution in [0.15, 0.2) is 12.1 Å². The number of hydrogen-bond donors (Lipinski definition) is 2. The van der Waals surface area contributed by atoms with E-state index in [-0.39, 0.29) is 0 Å². The van der Waals surface area contributed by atoms with Crippen LogP contribution in [0.2, 0.25) is 0 Å². The molecule has 0 bridgehead atoms. The van der Waals surface area contributed by atoms with E-state index in [1.807, 2.05) is 13.0 Å². The first-order chi connectivity index (χ1) is 9.15. The Morgan fingerprint density at radius 1 is 1.11 bits per heavy atom. The maximum Gasteiger partial charge on any atom is 0.118 e. The SMILES string of the molecule is Cc1cc(NC2CCN3CCCCC23)c(C)cc1O. The minimum atomic E-state index is 0.397. The van der Waals surface area contributed by atoms with Crippen molar-refractivity contribution < 1.29 is 5.11 Å². The summed E-state index contributed by atoms with van der Waals surface area (Å²) in [5.74, 6) is 0.397. The van der Waals surface area contributed by atoms with E-state index in [1.165, 1.54) is 44.5 Å². The van der Waals surface area contributed by atoms with E-state index in [0.717, 1.165) is 11.1 Å². The smallest absolute Gasteiger partial charge is 0.118 e. The number of aromatic hydroxyl groups is 1. The van der Waals surface area contributed by atoms with Gasteiger partial charge in [0, 0.05) is 24.3 Å². The standard InChI is InChI=1S/C16H24N2O/c1-11-10-16(19)12(2)9-14(11)17-13-6-8-18-7-4-3-5-15(13)18/h9-10,13,15,17,19H,3-8H2,1-2H3. The monoisotopic (exact) mass is 260 g/mol. The Morgan fingerprint density at radius 2 is 1.95 bits per heavy atom. The van der Waals surface area contributed by atoms with Crippen molar-refractivity contribution in [3.63, 3.8) is 0 Å². The van der Waals surface area contributed by atoms with Gasteiger partial charge in [0.25, 0.3) is 0 Å². The summed E-state index contributed by atoms with van der Waals surface area (Å²) in [7, 11) is 0. The molecule has 19 heavy (non-hydrogen) atoms. The number of phenolic OH excluding ortho intramolecular Hbond substituents is 1. The van der Waals surface area contributed by atoms with Gasteiger partial charge in [-0.3, -0.25) is 4.90 Å². The molecule has 2 heterocycles. The maximum atomic E-state index is 9.74. The zero-order chi connectivity index (χ0) is 13.4. The van der Waals surface area contributed by atoms with E-state index in [9.17, 15) is 5.11 Å². The lowest BCUT2D eigenvalue weighted by molar-refractivity contribution is 0.193. The third-order valence-electron chi connectivity index (χ3n) is 4.74. The fraction of sp³-hybridized carbons (Fsp3) is 0.625. The molecule has 2 aliphatic rings. The summed E-state index contributed by atoms with van der Waals surface area (Å²) in [6.07, 6.45) is 5.30. The van der Waals surface area contributed by atoms with Crippen molar-refractivity contribution in [3.05, 3.63) is 23.3 Å². The van der Waals surface area contributed by atoms with E-state index in [1.54, 1.807) is 0 Å². The van der Waals surface area contributed by atoms with Crippen LogP contribution >= 0.6 is 0 Å². The van der Waals surface area contributed by atoms with Crippen LogP contribution in [-0.4, -0.2) is 35.2 Å². The molecule has 0 radical (unpaired) electrons. The molecule has 104 valence electrons. The number of anilines is 1. The lowest BCUT2D eigenvalue weighted by Gasteiger charge is -2.33. The van der Waals surface area contributed by atoms with E-state index in [4.69, 9.17) is 0 Å². The molecule has 3 nitrogen and oxygen atoms in total. The molecule has 0 amide bonds. The average molecular weight is 260 g/mol. The summed E-state index contributed by atoms with van der Waals surface area (Å²) in [6, 6.07) is 5.23. The van der Waals surface area contributed by atoms with Crippen molar-refractivity contribution in [2.75, 3.05) is 18.4 Å². The van der Waals surface area contributed by atoms with Crippen molar-refractivity contribution in [1.82, 2.24) is 4.90 Å². The molecular weight excluding hydrogens is 236 g/mol. The number of hydrogen-bond acceptors (Lipinski definition) is 3. The summed E-state index contributed by atoms with van der Waals surface area (Å²) < 4.78 is 0. The van der Waals surface area contributed by atoms with Gasteiger partial charge < -0.3 is 10.4 Å². The molecule has 2 fully saturated rings. The molecule has 0 spiro atoms. The summed E-state index contributed by atoms with van der Waals surface area (Å²) in [4.78, 5) is 2.64. The summed E-state index contributed by atoms with van der Waals surface area (Å²) >= 11 is 0. The third-order valence-corrected chi connectivity index (χ3v) is 4.74. The maximum absolute atomic E-state index is 9.74. The number of benzene rings is 1. The van der Waals surface area contributed by atoms with Crippen LogP contribution in [0.25, 0.3) is 0 Å². The number of nitrogens with zero attached hydrogens (tertiary/aromatic N) is 1. The first-order valence-corrected chi connectivity index (χ1v) is 7.46. The topological polar surface area (TPSA) is 35.5 Å². The highest BCUT2D eigenvalue weighted by atomic mass is 16.3. The molecule has 2 atom stereocenters. The van der Waals surface area contributed by atoms with Gasteiger partial charge in [-0.1, -0.05) is 6.42 Å². The van der Waals surface area contributed by atoms with Crippen LogP contribution in [0.3, 0.4) is 0 Å². The van der Waals surface area contributed by atoms with Gasteiger partial charge in [0.05, 0.1) is 0 Å². The number of rotatable bonds is 2. The van der Waals surface area contributed by atoms with Crippen molar-refractivity contribution in [2.24, 2.45) is 0 Å². The lowest BCUT2D eigenvalue weighted by atomic mass is 9.98. The number of fused-ring (bicyclic) bond motifs is 1. The van der Waals surface area contributed by atoms with Crippen LogP contribution < -0.4 is 5.32 Å².